The van der Waals surface area contributed by atoms with Gasteiger partial charge in [0.15, 0.2) is 5.76 Å². The van der Waals surface area contributed by atoms with E-state index in [0.29, 0.717) is 36.9 Å². The van der Waals surface area contributed by atoms with Crippen LogP contribution in [0.25, 0.3) is 0 Å². The van der Waals surface area contributed by atoms with Crippen LogP contribution in [0.4, 0.5) is 0 Å². The van der Waals surface area contributed by atoms with Crippen LogP contribution in [0.15, 0.2) is 11.5 Å². The molecule has 11 nitrogen and oxygen atoms in total. The molecule has 12 heteroatoms. The molecule has 2 fully saturated rings. The molecule has 0 aliphatic carbocycles. The zero-order valence-electron chi connectivity index (χ0n) is 21.5. The van der Waals surface area contributed by atoms with E-state index in [4.69, 9.17) is 15.2 Å². The highest BCUT2D eigenvalue weighted by atomic mass is 32.2. The first-order chi connectivity index (χ1) is 16.5. The van der Waals surface area contributed by atoms with E-state index in [1.54, 1.807) is 42.6 Å². The standard InChI is InChI=1S/C23H39N5O6S/c1-14(2)35-27-10-9-17-7-8-19(21(24)30)28(17)23(32)18(11-27)25-22(31)15(3)26(5)12-20(34-13-29)16(4)33-6/h13-15,17-19H,7-12H2,1-6H3,(H2,24,30)(H,25,31)/b20-16-/t15-,17?,18?,19?/m0/s1. The van der Waals surface area contributed by atoms with Crippen LogP contribution >= 0.6 is 11.9 Å². The molecule has 0 saturated carbocycles. The van der Waals surface area contributed by atoms with Gasteiger partial charge in [-0.1, -0.05) is 25.8 Å². The number of hydrogen-bond acceptors (Lipinski definition) is 9. The van der Waals surface area contributed by atoms with Gasteiger partial charge in [-0.2, -0.15) is 0 Å². The lowest BCUT2D eigenvalue weighted by molar-refractivity contribution is -0.144. The third-order valence-corrected chi connectivity index (χ3v) is 7.53. The van der Waals surface area contributed by atoms with E-state index in [-0.39, 0.29) is 30.2 Å². The minimum Gasteiger partial charge on any atom is -0.498 e. The van der Waals surface area contributed by atoms with Crippen LogP contribution in [0.1, 0.15) is 47.0 Å². The Labute approximate surface area is 211 Å². The van der Waals surface area contributed by atoms with Gasteiger partial charge in [-0.15, -0.1) is 0 Å². The molecule has 0 radical (unpaired) electrons. The lowest BCUT2D eigenvalue weighted by Crippen LogP contribution is -2.61. The number of nitrogens with one attached hydrogen (secondary N) is 1. The van der Waals surface area contributed by atoms with Crippen molar-refractivity contribution in [2.24, 2.45) is 5.73 Å². The molecule has 2 heterocycles. The van der Waals surface area contributed by atoms with Crippen molar-refractivity contribution in [3.05, 3.63) is 11.5 Å². The topological polar surface area (TPSA) is 135 Å². The molecule has 198 valence electrons. The van der Waals surface area contributed by atoms with Gasteiger partial charge in [-0.25, -0.2) is 4.31 Å². The van der Waals surface area contributed by atoms with E-state index in [1.165, 1.54) is 7.11 Å². The second-order valence-electron chi connectivity index (χ2n) is 9.28. The van der Waals surface area contributed by atoms with Crippen LogP contribution in [0, 0.1) is 0 Å². The fraction of sp³-hybridized carbons (Fsp3) is 0.739. The molecular formula is C23H39N5O6S. The predicted molar refractivity (Wildman–Crippen MR) is 133 cm³/mol. The Balaban J connectivity index is 2.21. The van der Waals surface area contributed by atoms with Crippen molar-refractivity contribution in [3.8, 4) is 0 Å². The van der Waals surface area contributed by atoms with E-state index in [0.717, 1.165) is 13.0 Å². The van der Waals surface area contributed by atoms with Gasteiger partial charge in [0.05, 0.1) is 19.7 Å². The molecule has 4 atom stereocenters. The first-order valence-corrected chi connectivity index (χ1v) is 12.7. The van der Waals surface area contributed by atoms with Crippen LogP contribution in [-0.4, -0.2) is 102 Å². The number of likely N-dealkylation sites (N-methyl/N-ethyl adjacent to an activating group) is 1. The number of hydrogen-bond donors (Lipinski definition) is 2. The Morgan fingerprint density at radius 3 is 2.54 bits per heavy atom. The number of carbonyl (C=O) groups excluding carboxylic acids is 4. The normalized spacial score (nSPS) is 24.9. The summed E-state index contributed by atoms with van der Waals surface area (Å²) in [5, 5.41) is 3.22. The number of fused-ring (bicyclic) bond motifs is 1. The van der Waals surface area contributed by atoms with Crippen LogP contribution in [0.3, 0.4) is 0 Å². The largest absolute Gasteiger partial charge is 0.498 e. The molecule has 0 aromatic carbocycles. The van der Waals surface area contributed by atoms with Gasteiger partial charge in [-0.05, 0) is 40.2 Å². The van der Waals surface area contributed by atoms with Gasteiger partial charge in [0.2, 0.25) is 17.7 Å². The minimum absolute atomic E-state index is 0.0831. The molecule has 0 bridgehead atoms. The van der Waals surface area contributed by atoms with Crippen LogP contribution in [-0.2, 0) is 28.7 Å². The van der Waals surface area contributed by atoms with Crippen LogP contribution in [0.2, 0.25) is 0 Å². The first-order valence-electron chi connectivity index (χ1n) is 11.9. The highest BCUT2D eigenvalue weighted by molar-refractivity contribution is 7.97. The van der Waals surface area contributed by atoms with E-state index >= 15 is 0 Å². The van der Waals surface area contributed by atoms with Gasteiger partial charge in [0.25, 0.3) is 6.47 Å². The third-order valence-electron chi connectivity index (χ3n) is 6.48. The van der Waals surface area contributed by atoms with E-state index in [1.807, 2.05) is 0 Å². The minimum atomic E-state index is -0.825. The summed E-state index contributed by atoms with van der Waals surface area (Å²) in [5.74, 6) is -0.446. The summed E-state index contributed by atoms with van der Waals surface area (Å²) in [7, 11) is 3.17. The van der Waals surface area contributed by atoms with Gasteiger partial charge in [0, 0.05) is 24.4 Å². The number of nitrogens with zero attached hydrogens (tertiary/aromatic N) is 3. The highest BCUT2D eigenvalue weighted by Crippen LogP contribution is 2.31. The van der Waals surface area contributed by atoms with Crippen LogP contribution in [0.5, 0.6) is 0 Å². The first kappa shape index (κ1) is 28.9. The van der Waals surface area contributed by atoms with Crippen molar-refractivity contribution in [1.82, 2.24) is 19.4 Å². The molecule has 3 amide bonds. The van der Waals surface area contributed by atoms with Crippen molar-refractivity contribution in [1.29, 1.82) is 0 Å². The van der Waals surface area contributed by atoms with Gasteiger partial charge in [0.1, 0.15) is 17.8 Å². The maximum atomic E-state index is 13.6. The highest BCUT2D eigenvalue weighted by Gasteiger charge is 2.44. The van der Waals surface area contributed by atoms with Gasteiger partial charge < -0.3 is 25.4 Å². The molecular weight excluding hydrogens is 474 g/mol. The third kappa shape index (κ3) is 7.58. The monoisotopic (exact) mass is 513 g/mol. The summed E-state index contributed by atoms with van der Waals surface area (Å²) in [6.45, 7) is 9.04. The van der Waals surface area contributed by atoms with Crippen molar-refractivity contribution >= 4 is 36.1 Å². The molecule has 2 saturated heterocycles. The maximum Gasteiger partial charge on any atom is 0.298 e. The summed E-state index contributed by atoms with van der Waals surface area (Å²) in [6, 6.07) is -2.20. The van der Waals surface area contributed by atoms with Crippen molar-refractivity contribution in [3.63, 3.8) is 0 Å². The average molecular weight is 514 g/mol. The predicted octanol–water partition coefficient (Wildman–Crippen LogP) is 0.450. The Morgan fingerprint density at radius 2 is 1.97 bits per heavy atom. The molecule has 35 heavy (non-hydrogen) atoms. The fourth-order valence-electron chi connectivity index (χ4n) is 4.39. The maximum absolute atomic E-state index is 13.6. The quantitative estimate of drug-likeness (QED) is 0.229. The zero-order valence-corrected chi connectivity index (χ0v) is 22.3. The number of ether oxygens (including phenoxy) is 2. The summed E-state index contributed by atoms with van der Waals surface area (Å²) in [6.07, 6.45) is 2.00. The number of carbonyl (C=O) groups is 4. The van der Waals surface area contributed by atoms with Crippen molar-refractivity contribution in [2.45, 2.75) is 76.4 Å². The Bertz CT molecular complexity index is 822. The number of nitrogens with two attached hydrogens (primary N) is 1. The SMILES string of the molecule is CO/C(C)=C(/CN(C)[C@@H](C)C(=O)NC1CN(SC(C)C)CCC2CCC(C(N)=O)N2C1=O)OC=O. The Hall–Kier alpha value is -2.31. The molecule has 0 spiro atoms. The Kier molecular flexibility index (Phi) is 10.8. The van der Waals surface area contributed by atoms with Crippen molar-refractivity contribution < 1.29 is 28.7 Å². The summed E-state index contributed by atoms with van der Waals surface area (Å²) >= 11 is 1.65. The summed E-state index contributed by atoms with van der Waals surface area (Å²) in [4.78, 5) is 53.0. The Morgan fingerprint density at radius 1 is 1.29 bits per heavy atom. The van der Waals surface area contributed by atoms with Crippen molar-refractivity contribution in [2.75, 3.05) is 33.8 Å². The smallest absolute Gasteiger partial charge is 0.298 e. The molecule has 2 aliphatic heterocycles. The number of rotatable bonds is 11. The van der Waals surface area contributed by atoms with Crippen LogP contribution < -0.4 is 11.1 Å². The van der Waals surface area contributed by atoms with E-state index in [2.05, 4.69) is 23.5 Å². The second kappa shape index (κ2) is 13.1. The molecule has 0 aromatic rings. The number of methoxy groups -OCH3 is 1. The zero-order chi connectivity index (χ0) is 26.3. The second-order valence-corrected chi connectivity index (χ2v) is 10.9. The molecule has 3 unspecified atom stereocenters. The fourth-order valence-corrected chi connectivity index (χ4v) is 5.43. The number of primary amides is 1. The van der Waals surface area contributed by atoms with E-state index < -0.39 is 24.0 Å². The molecule has 0 aromatic heterocycles. The van der Waals surface area contributed by atoms with Gasteiger partial charge >= 0.3 is 0 Å². The summed E-state index contributed by atoms with van der Waals surface area (Å²) in [5.41, 5.74) is 5.60. The number of amides is 3. The summed E-state index contributed by atoms with van der Waals surface area (Å²) < 4.78 is 12.3. The lowest BCUT2D eigenvalue weighted by atomic mass is 10.1. The molecule has 2 aliphatic rings. The van der Waals surface area contributed by atoms with Gasteiger partial charge in [-0.3, -0.25) is 24.1 Å². The molecule has 3 N–H and O–H groups in total. The van der Waals surface area contributed by atoms with E-state index in [9.17, 15) is 19.2 Å². The lowest BCUT2D eigenvalue weighted by Gasteiger charge is -2.38. The number of allylic oxidation sites excluding steroid dienone is 1. The molecule has 2 rings (SSSR count). The average Bonchev–Trinajstić information content (AvgIpc) is 3.22.